The lowest BCUT2D eigenvalue weighted by Crippen LogP contribution is -2.31. The van der Waals surface area contributed by atoms with Crippen LogP contribution in [0.4, 0.5) is 0 Å². The van der Waals surface area contributed by atoms with Crippen LogP contribution in [-0.2, 0) is 0 Å². The molecular formula is C15H24O. The molecule has 2 rings (SSSR count). The second kappa shape index (κ2) is 4.03. The van der Waals surface area contributed by atoms with Crippen LogP contribution in [0.15, 0.2) is 23.8 Å². The van der Waals surface area contributed by atoms with Gasteiger partial charge in [0.05, 0.1) is 6.10 Å². The normalized spacial score (nSPS) is 39.6. The van der Waals surface area contributed by atoms with E-state index in [0.29, 0.717) is 11.8 Å². The van der Waals surface area contributed by atoms with Crippen molar-refractivity contribution >= 4 is 0 Å². The highest BCUT2D eigenvalue weighted by Gasteiger charge is 2.46. The molecule has 3 atom stereocenters. The van der Waals surface area contributed by atoms with E-state index in [1.165, 1.54) is 17.6 Å². The highest BCUT2D eigenvalue weighted by Crippen LogP contribution is 2.53. The molecule has 0 saturated heterocycles. The molecule has 0 radical (unpaired) electrons. The third kappa shape index (κ3) is 1.75. The molecule has 90 valence electrons. The van der Waals surface area contributed by atoms with Gasteiger partial charge in [-0.15, -0.1) is 0 Å². The molecule has 1 N–H and O–H groups in total. The SMILES string of the molecule is C=C1C=C2[C@@H](C(C)C)CC[C@]2(C)[C@@H](O)CC1. The predicted octanol–water partition coefficient (Wildman–Crippen LogP) is 3.70. The van der Waals surface area contributed by atoms with E-state index in [1.54, 1.807) is 0 Å². The first-order chi connectivity index (χ1) is 7.45. The van der Waals surface area contributed by atoms with E-state index in [-0.39, 0.29) is 11.5 Å². The van der Waals surface area contributed by atoms with Gasteiger partial charge in [0, 0.05) is 5.41 Å². The number of rotatable bonds is 1. The lowest BCUT2D eigenvalue weighted by atomic mass is 9.75. The Morgan fingerprint density at radius 3 is 2.75 bits per heavy atom. The van der Waals surface area contributed by atoms with Crippen LogP contribution in [0.1, 0.15) is 46.5 Å². The third-order valence-corrected chi connectivity index (χ3v) is 4.67. The number of aliphatic hydroxyl groups is 1. The second-order valence-corrected chi connectivity index (χ2v) is 6.12. The lowest BCUT2D eigenvalue weighted by molar-refractivity contribution is 0.0607. The number of aliphatic hydroxyl groups excluding tert-OH is 1. The Morgan fingerprint density at radius 1 is 1.44 bits per heavy atom. The molecule has 0 unspecified atom stereocenters. The molecule has 0 amide bonds. The van der Waals surface area contributed by atoms with Crippen LogP contribution in [0.5, 0.6) is 0 Å². The lowest BCUT2D eigenvalue weighted by Gasteiger charge is -2.32. The molecule has 0 aromatic heterocycles. The Kier molecular flexibility index (Phi) is 3.00. The zero-order valence-corrected chi connectivity index (χ0v) is 10.8. The van der Waals surface area contributed by atoms with Crippen LogP contribution in [0.25, 0.3) is 0 Å². The Bertz CT molecular complexity index is 326. The third-order valence-electron chi connectivity index (χ3n) is 4.67. The van der Waals surface area contributed by atoms with Crippen molar-refractivity contribution in [3.63, 3.8) is 0 Å². The molecule has 16 heavy (non-hydrogen) atoms. The second-order valence-electron chi connectivity index (χ2n) is 6.12. The van der Waals surface area contributed by atoms with Crippen molar-refractivity contribution in [2.45, 2.75) is 52.6 Å². The Balaban J connectivity index is 2.40. The van der Waals surface area contributed by atoms with Crippen LogP contribution in [-0.4, -0.2) is 11.2 Å². The molecule has 2 aliphatic rings. The molecule has 1 heteroatoms. The van der Waals surface area contributed by atoms with E-state index in [1.807, 2.05) is 0 Å². The van der Waals surface area contributed by atoms with Crippen LogP contribution in [0, 0.1) is 17.3 Å². The summed E-state index contributed by atoms with van der Waals surface area (Å²) in [5, 5.41) is 10.4. The van der Waals surface area contributed by atoms with Gasteiger partial charge in [0.25, 0.3) is 0 Å². The summed E-state index contributed by atoms with van der Waals surface area (Å²) in [5.74, 6) is 1.32. The van der Waals surface area contributed by atoms with Crippen LogP contribution >= 0.6 is 0 Å². The summed E-state index contributed by atoms with van der Waals surface area (Å²) in [6.45, 7) is 10.9. The monoisotopic (exact) mass is 220 g/mol. The van der Waals surface area contributed by atoms with Crippen molar-refractivity contribution in [2.75, 3.05) is 0 Å². The first-order valence-electron chi connectivity index (χ1n) is 6.53. The van der Waals surface area contributed by atoms with Crippen molar-refractivity contribution in [2.24, 2.45) is 17.3 Å². The molecular weight excluding hydrogens is 196 g/mol. The van der Waals surface area contributed by atoms with Crippen molar-refractivity contribution < 1.29 is 5.11 Å². The van der Waals surface area contributed by atoms with Gasteiger partial charge in [0.2, 0.25) is 0 Å². The summed E-state index contributed by atoms with van der Waals surface area (Å²) in [4.78, 5) is 0. The maximum absolute atomic E-state index is 10.4. The van der Waals surface area contributed by atoms with Gasteiger partial charge >= 0.3 is 0 Å². The van der Waals surface area contributed by atoms with Crippen molar-refractivity contribution in [1.82, 2.24) is 0 Å². The van der Waals surface area contributed by atoms with E-state index in [4.69, 9.17) is 0 Å². The zero-order valence-electron chi connectivity index (χ0n) is 10.8. The fourth-order valence-electron chi connectivity index (χ4n) is 3.43. The minimum absolute atomic E-state index is 0.0222. The number of hydrogen-bond acceptors (Lipinski definition) is 1. The van der Waals surface area contributed by atoms with Gasteiger partial charge in [-0.2, -0.15) is 0 Å². The van der Waals surface area contributed by atoms with Crippen molar-refractivity contribution in [3.8, 4) is 0 Å². The molecule has 1 fully saturated rings. The minimum Gasteiger partial charge on any atom is -0.392 e. The zero-order chi connectivity index (χ0) is 11.9. The fraction of sp³-hybridized carbons (Fsp3) is 0.733. The number of hydrogen-bond donors (Lipinski definition) is 1. The van der Waals surface area contributed by atoms with E-state index in [9.17, 15) is 5.11 Å². The summed E-state index contributed by atoms with van der Waals surface area (Å²) in [5.41, 5.74) is 2.69. The molecule has 0 aromatic rings. The molecule has 0 heterocycles. The van der Waals surface area contributed by atoms with Gasteiger partial charge in [-0.1, -0.05) is 44.6 Å². The number of fused-ring (bicyclic) bond motifs is 1. The highest BCUT2D eigenvalue weighted by atomic mass is 16.3. The van der Waals surface area contributed by atoms with Gasteiger partial charge in [-0.05, 0) is 37.5 Å². The molecule has 0 aromatic carbocycles. The van der Waals surface area contributed by atoms with Crippen LogP contribution < -0.4 is 0 Å². The standard InChI is InChI=1S/C15H24O/c1-10(2)12-7-8-15(4)13(12)9-11(3)5-6-14(15)16/h9-10,12,14,16H,3,5-8H2,1-2,4H3/t12-,14+,15+/m1/s1. The molecule has 0 bridgehead atoms. The average molecular weight is 220 g/mol. The van der Waals surface area contributed by atoms with Gasteiger partial charge < -0.3 is 5.11 Å². The molecule has 1 nitrogen and oxygen atoms in total. The van der Waals surface area contributed by atoms with Gasteiger partial charge in [-0.3, -0.25) is 0 Å². The summed E-state index contributed by atoms with van der Waals surface area (Å²) >= 11 is 0. The minimum atomic E-state index is -0.179. The molecule has 2 aliphatic carbocycles. The maximum atomic E-state index is 10.4. The Hall–Kier alpha value is -0.560. The van der Waals surface area contributed by atoms with Gasteiger partial charge in [0.15, 0.2) is 0 Å². The topological polar surface area (TPSA) is 20.2 Å². The van der Waals surface area contributed by atoms with E-state index < -0.39 is 0 Å². The highest BCUT2D eigenvalue weighted by molar-refractivity contribution is 5.33. The summed E-state index contributed by atoms with van der Waals surface area (Å²) in [6, 6.07) is 0. The largest absolute Gasteiger partial charge is 0.392 e. The van der Waals surface area contributed by atoms with Gasteiger partial charge in [-0.25, -0.2) is 0 Å². The smallest absolute Gasteiger partial charge is 0.0634 e. The van der Waals surface area contributed by atoms with E-state index in [2.05, 4.69) is 33.4 Å². The first-order valence-corrected chi connectivity index (χ1v) is 6.53. The van der Waals surface area contributed by atoms with Crippen LogP contribution in [0.3, 0.4) is 0 Å². The molecule has 0 aliphatic heterocycles. The molecule has 1 saturated carbocycles. The Morgan fingerprint density at radius 2 is 2.12 bits per heavy atom. The van der Waals surface area contributed by atoms with Crippen molar-refractivity contribution in [3.05, 3.63) is 23.8 Å². The maximum Gasteiger partial charge on any atom is 0.0634 e. The Labute approximate surface area is 99.3 Å². The van der Waals surface area contributed by atoms with Crippen molar-refractivity contribution in [1.29, 1.82) is 0 Å². The van der Waals surface area contributed by atoms with Gasteiger partial charge in [0.1, 0.15) is 0 Å². The predicted molar refractivity (Wildman–Crippen MR) is 68.1 cm³/mol. The number of allylic oxidation sites excluding steroid dienone is 2. The van der Waals surface area contributed by atoms with E-state index >= 15 is 0 Å². The molecule has 0 spiro atoms. The average Bonchev–Trinajstić information content (AvgIpc) is 2.49. The first kappa shape index (κ1) is 11.9. The van der Waals surface area contributed by atoms with E-state index in [0.717, 1.165) is 19.3 Å². The van der Waals surface area contributed by atoms with Crippen LogP contribution in [0.2, 0.25) is 0 Å². The summed E-state index contributed by atoms with van der Waals surface area (Å²) in [6.07, 6.45) is 6.29. The fourth-order valence-corrected chi connectivity index (χ4v) is 3.43. The summed E-state index contributed by atoms with van der Waals surface area (Å²) in [7, 11) is 0. The quantitative estimate of drug-likeness (QED) is 0.714. The summed E-state index contributed by atoms with van der Waals surface area (Å²) < 4.78 is 0.